The molecule has 2 aromatic carbocycles. The summed E-state index contributed by atoms with van der Waals surface area (Å²) in [5.74, 6) is 1.67. The minimum absolute atomic E-state index is 0.248. The quantitative estimate of drug-likeness (QED) is 0.537. The van der Waals surface area contributed by atoms with Crippen molar-refractivity contribution in [2.24, 2.45) is 9.98 Å². The summed E-state index contributed by atoms with van der Waals surface area (Å²) in [4.78, 5) is 24.3. The first kappa shape index (κ1) is 25.1. The number of nitrogens with zero attached hydrogens (tertiary/aromatic N) is 3. The highest BCUT2D eigenvalue weighted by Crippen LogP contribution is 2.37. The predicted octanol–water partition coefficient (Wildman–Crippen LogP) is 6.08. The van der Waals surface area contributed by atoms with Crippen LogP contribution < -0.4 is 10.1 Å². The van der Waals surface area contributed by atoms with Crippen molar-refractivity contribution < 1.29 is 22.7 Å². The van der Waals surface area contributed by atoms with Crippen LogP contribution in [0.25, 0.3) is 0 Å². The number of alkyl halides is 3. The third-order valence-electron chi connectivity index (χ3n) is 5.96. The van der Waals surface area contributed by atoms with Crippen LogP contribution >= 0.6 is 11.8 Å². The van der Waals surface area contributed by atoms with Gasteiger partial charge in [0.15, 0.2) is 5.66 Å². The Kier molecular flexibility index (Phi) is 7.39. The normalized spacial score (nSPS) is 17.2. The van der Waals surface area contributed by atoms with Gasteiger partial charge in [0.1, 0.15) is 10.8 Å². The van der Waals surface area contributed by atoms with E-state index in [1.165, 1.54) is 23.1 Å². The van der Waals surface area contributed by atoms with Gasteiger partial charge < -0.3 is 15.0 Å². The first-order valence-corrected chi connectivity index (χ1v) is 12.4. The molecule has 2 heterocycles. The van der Waals surface area contributed by atoms with Crippen LogP contribution in [0.5, 0.6) is 5.75 Å². The number of amides is 2. The number of anilines is 1. The molecule has 186 valence electrons. The molecule has 2 amide bonds. The molecule has 4 rings (SSSR count). The third-order valence-corrected chi connectivity index (χ3v) is 7.13. The van der Waals surface area contributed by atoms with Gasteiger partial charge in [-0.2, -0.15) is 13.2 Å². The largest absolute Gasteiger partial charge is 0.497 e. The summed E-state index contributed by atoms with van der Waals surface area (Å²) in [5, 5.41) is 3.31. The number of piperidine rings is 1. The van der Waals surface area contributed by atoms with E-state index in [0.717, 1.165) is 40.3 Å². The first-order chi connectivity index (χ1) is 16.7. The summed E-state index contributed by atoms with van der Waals surface area (Å²) in [6.07, 6.45) is -2.55. The fraction of sp³-hybridized carbons (Fsp3) is 0.400. The Morgan fingerprint density at radius 2 is 1.80 bits per heavy atom. The van der Waals surface area contributed by atoms with Gasteiger partial charge in [0.05, 0.1) is 24.1 Å². The monoisotopic (exact) mass is 504 g/mol. The molecule has 1 saturated heterocycles. The first-order valence-electron chi connectivity index (χ1n) is 11.4. The summed E-state index contributed by atoms with van der Waals surface area (Å²) >= 11 is 1.67. The van der Waals surface area contributed by atoms with E-state index in [2.05, 4.69) is 12.2 Å². The molecule has 1 fully saturated rings. The lowest BCUT2D eigenvalue weighted by Crippen LogP contribution is -2.46. The zero-order valence-electron chi connectivity index (χ0n) is 19.6. The number of hydrogen-bond acceptors (Lipinski definition) is 5. The number of urea groups is 1. The molecule has 10 heteroatoms. The molecular weight excluding hydrogens is 477 g/mol. The van der Waals surface area contributed by atoms with E-state index in [-0.39, 0.29) is 5.69 Å². The average molecular weight is 505 g/mol. The fourth-order valence-electron chi connectivity index (χ4n) is 4.08. The molecule has 0 atom stereocenters. The average Bonchev–Trinajstić information content (AvgIpc) is 3.20. The number of rotatable bonds is 5. The Morgan fingerprint density at radius 3 is 2.43 bits per heavy atom. The number of nitrogens with one attached hydrogen (secondary N) is 1. The minimum atomic E-state index is -4.55. The van der Waals surface area contributed by atoms with Crippen LogP contribution in [-0.4, -0.2) is 53.3 Å². The summed E-state index contributed by atoms with van der Waals surface area (Å²) in [6.45, 7) is 2.79. The highest BCUT2D eigenvalue weighted by molar-refractivity contribution is 8.15. The van der Waals surface area contributed by atoms with E-state index in [9.17, 15) is 18.0 Å². The van der Waals surface area contributed by atoms with Gasteiger partial charge in [-0.25, -0.2) is 9.79 Å². The lowest BCUT2D eigenvalue weighted by molar-refractivity contribution is -0.136. The van der Waals surface area contributed by atoms with Crippen LogP contribution in [0.1, 0.15) is 37.3 Å². The number of halogens is 3. The zero-order valence-corrected chi connectivity index (χ0v) is 20.4. The summed E-state index contributed by atoms with van der Waals surface area (Å²) in [7, 11) is 1.62. The van der Waals surface area contributed by atoms with E-state index in [4.69, 9.17) is 14.7 Å². The molecule has 0 radical (unpaired) electrons. The Labute approximate surface area is 206 Å². The Hall–Kier alpha value is -3.01. The van der Waals surface area contributed by atoms with Gasteiger partial charge in [-0.1, -0.05) is 19.1 Å². The van der Waals surface area contributed by atoms with Crippen molar-refractivity contribution in [1.82, 2.24) is 4.90 Å². The second-order valence-corrected chi connectivity index (χ2v) is 9.48. The van der Waals surface area contributed by atoms with E-state index >= 15 is 0 Å². The van der Waals surface area contributed by atoms with Crippen molar-refractivity contribution in [3.63, 3.8) is 0 Å². The molecule has 6 nitrogen and oxygen atoms in total. The number of thioether (sulfide) groups is 1. The summed E-state index contributed by atoms with van der Waals surface area (Å²) < 4.78 is 45.1. The van der Waals surface area contributed by atoms with Crippen molar-refractivity contribution in [3.8, 4) is 5.75 Å². The van der Waals surface area contributed by atoms with Gasteiger partial charge in [0.2, 0.25) is 0 Å². The molecule has 2 aliphatic rings. The highest BCUT2D eigenvalue weighted by Gasteiger charge is 2.41. The van der Waals surface area contributed by atoms with Crippen LogP contribution in [-0.2, 0) is 6.18 Å². The highest BCUT2D eigenvalue weighted by atomic mass is 32.2. The van der Waals surface area contributed by atoms with Crippen LogP contribution in [0.15, 0.2) is 58.5 Å². The fourth-order valence-corrected chi connectivity index (χ4v) is 5.02. The second kappa shape index (κ2) is 10.3. The Bertz CT molecular complexity index is 1120. The number of benzene rings is 2. The van der Waals surface area contributed by atoms with Crippen LogP contribution in [0.3, 0.4) is 0 Å². The molecule has 0 bridgehead atoms. The molecule has 2 aliphatic heterocycles. The summed E-state index contributed by atoms with van der Waals surface area (Å²) in [6, 6.07) is 12.1. The molecular formula is C25H27F3N4O2S. The van der Waals surface area contributed by atoms with Gasteiger partial charge in [-0.05, 0) is 48.6 Å². The van der Waals surface area contributed by atoms with E-state index in [1.807, 2.05) is 24.3 Å². The maximum atomic E-state index is 13.3. The molecule has 1 N–H and O–H groups in total. The van der Waals surface area contributed by atoms with Crippen LogP contribution in [0.4, 0.5) is 23.7 Å². The number of hydrogen-bond donors (Lipinski definition) is 1. The summed E-state index contributed by atoms with van der Waals surface area (Å²) in [5.41, 5.74) is 0.0132. The van der Waals surface area contributed by atoms with Gasteiger partial charge in [-0.3, -0.25) is 4.99 Å². The van der Waals surface area contributed by atoms with Gasteiger partial charge >= 0.3 is 12.2 Å². The van der Waals surface area contributed by atoms with Crippen molar-refractivity contribution in [2.75, 3.05) is 31.3 Å². The van der Waals surface area contributed by atoms with E-state index in [0.29, 0.717) is 25.9 Å². The topological polar surface area (TPSA) is 66.3 Å². The van der Waals surface area contributed by atoms with Gasteiger partial charge in [-0.15, -0.1) is 11.8 Å². The second-order valence-electron chi connectivity index (χ2n) is 8.40. The zero-order chi connectivity index (χ0) is 25.1. The Morgan fingerprint density at radius 1 is 1.11 bits per heavy atom. The van der Waals surface area contributed by atoms with Crippen molar-refractivity contribution in [3.05, 3.63) is 59.7 Å². The number of para-hydroxylation sites is 1. The van der Waals surface area contributed by atoms with Crippen molar-refractivity contribution in [1.29, 1.82) is 0 Å². The number of aliphatic imine (C=N–C) groups is 2. The third kappa shape index (κ3) is 5.63. The van der Waals surface area contributed by atoms with Gasteiger partial charge in [0, 0.05) is 31.5 Å². The predicted molar refractivity (Wildman–Crippen MR) is 134 cm³/mol. The SMILES string of the molecule is CCCSC1=NC2(CCN(C(=O)Nc3ccccc3C(F)(F)F)CC2)N=C1c1ccc(OC)cc1. The molecule has 1 spiro atoms. The molecule has 0 aliphatic carbocycles. The number of carbonyl (C=O) groups is 1. The lowest BCUT2D eigenvalue weighted by atomic mass is 9.98. The number of ether oxygens (including phenoxy) is 1. The number of carbonyl (C=O) groups excluding carboxylic acids is 1. The van der Waals surface area contributed by atoms with Crippen molar-refractivity contribution >= 4 is 34.2 Å². The maximum Gasteiger partial charge on any atom is 0.418 e. The standard InChI is InChI=1S/C25H27F3N4O2S/c1-3-16-35-22-21(17-8-10-18(34-2)11-9-17)30-24(31-22)12-14-32(15-13-24)23(33)29-20-7-5-4-6-19(20)25(26,27)28/h4-11H,3,12-16H2,1-2H3,(H,29,33). The van der Waals surface area contributed by atoms with Crippen molar-refractivity contribution in [2.45, 2.75) is 38.0 Å². The molecule has 2 aromatic rings. The maximum absolute atomic E-state index is 13.3. The van der Waals surface area contributed by atoms with Gasteiger partial charge in [0.25, 0.3) is 0 Å². The lowest BCUT2D eigenvalue weighted by Gasteiger charge is -2.35. The molecule has 0 unspecified atom stereocenters. The number of likely N-dealkylation sites (tertiary alicyclic amines) is 1. The molecule has 35 heavy (non-hydrogen) atoms. The molecule has 0 saturated carbocycles. The van der Waals surface area contributed by atoms with Crippen LogP contribution in [0, 0.1) is 0 Å². The van der Waals surface area contributed by atoms with E-state index in [1.54, 1.807) is 18.9 Å². The molecule has 0 aromatic heterocycles. The van der Waals surface area contributed by atoms with E-state index < -0.39 is 23.4 Å². The Balaban J connectivity index is 1.48. The van der Waals surface area contributed by atoms with Crippen LogP contribution in [0.2, 0.25) is 0 Å². The number of methoxy groups -OCH3 is 1. The minimum Gasteiger partial charge on any atom is -0.497 e. The smallest absolute Gasteiger partial charge is 0.418 e.